The topological polar surface area (TPSA) is 47.6 Å². The fourth-order valence-corrected chi connectivity index (χ4v) is 0.804. The average molecular weight is 186 g/mol. The van der Waals surface area contributed by atoms with Gasteiger partial charge in [-0.15, -0.1) is 0 Å². The van der Waals surface area contributed by atoms with E-state index < -0.39 is 0 Å². The number of rotatable bonds is 7. The summed E-state index contributed by atoms with van der Waals surface area (Å²) in [5.41, 5.74) is 5.67. The Labute approximate surface area is 81.4 Å². The second-order valence-corrected chi connectivity index (χ2v) is 3.43. The molecular formula is C10H22N2O. The Morgan fingerprint density at radius 1 is 1.38 bits per heavy atom. The van der Waals surface area contributed by atoms with Crippen molar-refractivity contribution in [3.63, 3.8) is 0 Å². The third-order valence-electron chi connectivity index (χ3n) is 1.68. The molecule has 0 aromatic heterocycles. The molecule has 0 spiro atoms. The minimum Gasteiger partial charge on any atom is -0.387 e. The molecule has 0 aliphatic heterocycles. The SMILES string of the molecule is CCCOCCCN=C(N)C(C)C. The summed E-state index contributed by atoms with van der Waals surface area (Å²) >= 11 is 0. The molecule has 0 amide bonds. The number of amidine groups is 1. The quantitative estimate of drug-likeness (QED) is 0.374. The average Bonchev–Trinajstić information content (AvgIpc) is 2.10. The Kier molecular flexibility index (Phi) is 7.69. The molecule has 0 saturated heterocycles. The molecule has 0 saturated carbocycles. The molecule has 0 bridgehead atoms. The van der Waals surface area contributed by atoms with Crippen LogP contribution in [0, 0.1) is 5.92 Å². The molecule has 78 valence electrons. The number of hydrogen-bond acceptors (Lipinski definition) is 2. The Morgan fingerprint density at radius 3 is 2.62 bits per heavy atom. The van der Waals surface area contributed by atoms with Crippen LogP contribution in [0.15, 0.2) is 4.99 Å². The van der Waals surface area contributed by atoms with Crippen LogP contribution in [-0.4, -0.2) is 25.6 Å². The maximum absolute atomic E-state index is 5.67. The lowest BCUT2D eigenvalue weighted by molar-refractivity contribution is 0.134. The highest BCUT2D eigenvalue weighted by atomic mass is 16.5. The fourth-order valence-electron chi connectivity index (χ4n) is 0.804. The molecule has 0 unspecified atom stereocenters. The van der Waals surface area contributed by atoms with Gasteiger partial charge in [-0.05, 0) is 12.8 Å². The van der Waals surface area contributed by atoms with Gasteiger partial charge in [0.15, 0.2) is 0 Å². The van der Waals surface area contributed by atoms with Gasteiger partial charge in [0.05, 0.1) is 5.84 Å². The van der Waals surface area contributed by atoms with Crippen LogP contribution in [0.3, 0.4) is 0 Å². The molecule has 0 rings (SSSR count). The van der Waals surface area contributed by atoms with Crippen molar-refractivity contribution in [2.75, 3.05) is 19.8 Å². The number of nitrogens with two attached hydrogens (primary N) is 1. The first kappa shape index (κ1) is 12.4. The van der Waals surface area contributed by atoms with Crippen molar-refractivity contribution in [1.82, 2.24) is 0 Å². The first-order chi connectivity index (χ1) is 6.18. The molecule has 0 aromatic rings. The summed E-state index contributed by atoms with van der Waals surface area (Å²) in [6, 6.07) is 0. The van der Waals surface area contributed by atoms with Crippen LogP contribution in [0.4, 0.5) is 0 Å². The standard InChI is InChI=1S/C10H22N2O/c1-4-7-13-8-5-6-12-10(11)9(2)3/h9H,4-8H2,1-3H3,(H2,11,12). The Morgan fingerprint density at radius 2 is 2.08 bits per heavy atom. The molecule has 0 fully saturated rings. The van der Waals surface area contributed by atoms with Gasteiger partial charge in [0, 0.05) is 25.7 Å². The third kappa shape index (κ3) is 7.78. The van der Waals surface area contributed by atoms with Crippen molar-refractivity contribution in [2.24, 2.45) is 16.6 Å². The van der Waals surface area contributed by atoms with E-state index in [9.17, 15) is 0 Å². The van der Waals surface area contributed by atoms with Gasteiger partial charge in [0.25, 0.3) is 0 Å². The maximum Gasteiger partial charge on any atom is 0.0962 e. The van der Waals surface area contributed by atoms with Gasteiger partial charge >= 0.3 is 0 Å². The monoisotopic (exact) mass is 186 g/mol. The summed E-state index contributed by atoms with van der Waals surface area (Å²) < 4.78 is 5.32. The van der Waals surface area contributed by atoms with E-state index in [0.717, 1.165) is 38.4 Å². The van der Waals surface area contributed by atoms with Crippen molar-refractivity contribution >= 4 is 5.84 Å². The molecule has 0 aliphatic rings. The van der Waals surface area contributed by atoms with Crippen molar-refractivity contribution in [2.45, 2.75) is 33.6 Å². The van der Waals surface area contributed by atoms with Crippen LogP contribution in [0.5, 0.6) is 0 Å². The fraction of sp³-hybridized carbons (Fsp3) is 0.900. The zero-order chi connectivity index (χ0) is 10.1. The summed E-state index contributed by atoms with van der Waals surface area (Å²) in [4.78, 5) is 4.24. The molecule has 2 N–H and O–H groups in total. The molecule has 0 atom stereocenters. The second kappa shape index (κ2) is 8.05. The number of hydrogen-bond donors (Lipinski definition) is 1. The van der Waals surface area contributed by atoms with E-state index in [4.69, 9.17) is 10.5 Å². The summed E-state index contributed by atoms with van der Waals surface area (Å²) in [5.74, 6) is 1.10. The van der Waals surface area contributed by atoms with Gasteiger partial charge in [-0.3, -0.25) is 4.99 Å². The molecule has 0 radical (unpaired) electrons. The van der Waals surface area contributed by atoms with E-state index in [1.54, 1.807) is 0 Å². The summed E-state index contributed by atoms with van der Waals surface area (Å²) in [7, 11) is 0. The van der Waals surface area contributed by atoms with Gasteiger partial charge in [-0.25, -0.2) is 0 Å². The normalized spacial score (nSPS) is 12.5. The van der Waals surface area contributed by atoms with E-state index in [1.165, 1.54) is 0 Å². The largest absolute Gasteiger partial charge is 0.387 e. The lowest BCUT2D eigenvalue weighted by Gasteiger charge is -2.04. The highest BCUT2D eigenvalue weighted by Crippen LogP contribution is 1.93. The molecule has 3 nitrogen and oxygen atoms in total. The van der Waals surface area contributed by atoms with Crippen LogP contribution in [-0.2, 0) is 4.74 Å². The molecule has 0 aromatic carbocycles. The van der Waals surface area contributed by atoms with Gasteiger partial charge in [0.2, 0.25) is 0 Å². The molecule has 3 heteroatoms. The van der Waals surface area contributed by atoms with Crippen molar-refractivity contribution in [3.8, 4) is 0 Å². The van der Waals surface area contributed by atoms with Crippen LogP contribution in [0.2, 0.25) is 0 Å². The number of nitrogens with zero attached hydrogens (tertiary/aromatic N) is 1. The van der Waals surface area contributed by atoms with Gasteiger partial charge < -0.3 is 10.5 Å². The van der Waals surface area contributed by atoms with E-state index in [2.05, 4.69) is 11.9 Å². The lowest BCUT2D eigenvalue weighted by atomic mass is 10.2. The maximum atomic E-state index is 5.67. The summed E-state index contributed by atoms with van der Waals surface area (Å²) in [6.45, 7) is 8.63. The predicted molar refractivity (Wildman–Crippen MR) is 57.1 cm³/mol. The molecule has 13 heavy (non-hydrogen) atoms. The van der Waals surface area contributed by atoms with Crippen molar-refractivity contribution in [1.29, 1.82) is 0 Å². The van der Waals surface area contributed by atoms with Crippen LogP contribution in [0.1, 0.15) is 33.6 Å². The van der Waals surface area contributed by atoms with Gasteiger partial charge in [-0.2, -0.15) is 0 Å². The molecule has 0 heterocycles. The zero-order valence-electron chi connectivity index (χ0n) is 9.05. The predicted octanol–water partition coefficient (Wildman–Crippen LogP) is 1.82. The summed E-state index contributed by atoms with van der Waals surface area (Å²) in [5, 5.41) is 0. The van der Waals surface area contributed by atoms with Crippen LogP contribution < -0.4 is 5.73 Å². The van der Waals surface area contributed by atoms with Crippen molar-refractivity contribution < 1.29 is 4.74 Å². The first-order valence-corrected chi connectivity index (χ1v) is 5.06. The number of ether oxygens (including phenoxy) is 1. The highest BCUT2D eigenvalue weighted by molar-refractivity contribution is 5.82. The minimum absolute atomic E-state index is 0.358. The smallest absolute Gasteiger partial charge is 0.0962 e. The highest BCUT2D eigenvalue weighted by Gasteiger charge is 1.96. The van der Waals surface area contributed by atoms with Gasteiger partial charge in [0.1, 0.15) is 0 Å². The number of aliphatic imine (C=N–C) groups is 1. The minimum atomic E-state index is 0.358. The van der Waals surface area contributed by atoms with E-state index >= 15 is 0 Å². The Hall–Kier alpha value is -0.570. The Bertz CT molecular complexity index is 144. The zero-order valence-corrected chi connectivity index (χ0v) is 9.05. The third-order valence-corrected chi connectivity index (χ3v) is 1.68. The van der Waals surface area contributed by atoms with Gasteiger partial charge in [-0.1, -0.05) is 20.8 Å². The lowest BCUT2D eigenvalue weighted by Crippen LogP contribution is -2.19. The second-order valence-electron chi connectivity index (χ2n) is 3.43. The van der Waals surface area contributed by atoms with E-state index in [-0.39, 0.29) is 0 Å². The van der Waals surface area contributed by atoms with Crippen LogP contribution >= 0.6 is 0 Å². The van der Waals surface area contributed by atoms with Crippen molar-refractivity contribution in [3.05, 3.63) is 0 Å². The Balaban J connectivity index is 3.29. The molecular weight excluding hydrogens is 164 g/mol. The van der Waals surface area contributed by atoms with Crippen LogP contribution in [0.25, 0.3) is 0 Å². The van der Waals surface area contributed by atoms with E-state index in [1.807, 2.05) is 13.8 Å². The van der Waals surface area contributed by atoms with E-state index in [0.29, 0.717) is 5.92 Å². The first-order valence-electron chi connectivity index (χ1n) is 5.06. The summed E-state index contributed by atoms with van der Waals surface area (Å²) in [6.07, 6.45) is 2.05. The molecule has 0 aliphatic carbocycles.